The van der Waals surface area contributed by atoms with Crippen molar-refractivity contribution in [3.63, 3.8) is 0 Å². The summed E-state index contributed by atoms with van der Waals surface area (Å²) in [5, 5.41) is 3.38. The molecule has 0 bridgehead atoms. The monoisotopic (exact) mass is 171 g/mol. The molecule has 2 atom stereocenters. The SMILES string of the molecule is CC1(C)C2CNC[C@@H]21.COC=O. The second kappa shape index (κ2) is 3.44. The molecule has 1 aliphatic heterocycles. The smallest absolute Gasteiger partial charge is 0.292 e. The van der Waals surface area contributed by atoms with E-state index in [0.29, 0.717) is 11.9 Å². The minimum absolute atomic E-state index is 0.375. The van der Waals surface area contributed by atoms with E-state index in [0.717, 1.165) is 11.8 Å². The van der Waals surface area contributed by atoms with Crippen LogP contribution in [0.1, 0.15) is 13.8 Å². The van der Waals surface area contributed by atoms with Gasteiger partial charge >= 0.3 is 0 Å². The zero-order valence-electron chi connectivity index (χ0n) is 7.96. The summed E-state index contributed by atoms with van der Waals surface area (Å²) in [7, 11) is 1.31. The highest BCUT2D eigenvalue weighted by Crippen LogP contribution is 2.59. The Bertz CT molecular complexity index is 156. The molecule has 1 heterocycles. The topological polar surface area (TPSA) is 38.3 Å². The number of hydrogen-bond acceptors (Lipinski definition) is 3. The zero-order chi connectivity index (χ0) is 9.19. The molecular formula is C9H17NO2. The summed E-state index contributed by atoms with van der Waals surface area (Å²) in [5.41, 5.74) is 0.700. The van der Waals surface area contributed by atoms with Crippen LogP contribution in [0.5, 0.6) is 0 Å². The lowest BCUT2D eigenvalue weighted by Crippen LogP contribution is -2.17. The lowest BCUT2D eigenvalue weighted by molar-refractivity contribution is -0.126. The summed E-state index contributed by atoms with van der Waals surface area (Å²) in [6.07, 6.45) is 0. The number of rotatable bonds is 1. The van der Waals surface area contributed by atoms with Gasteiger partial charge in [0.1, 0.15) is 0 Å². The Morgan fingerprint density at radius 1 is 1.42 bits per heavy atom. The first kappa shape index (κ1) is 9.52. The maximum atomic E-state index is 8.95. The van der Waals surface area contributed by atoms with Gasteiger partial charge in [0, 0.05) is 0 Å². The number of methoxy groups -OCH3 is 1. The summed E-state index contributed by atoms with van der Waals surface area (Å²) in [4.78, 5) is 8.95. The fourth-order valence-corrected chi connectivity index (χ4v) is 2.06. The predicted molar refractivity (Wildman–Crippen MR) is 46.7 cm³/mol. The second-order valence-electron chi connectivity index (χ2n) is 4.02. The molecule has 0 amide bonds. The van der Waals surface area contributed by atoms with E-state index in [9.17, 15) is 0 Å². The summed E-state index contributed by atoms with van der Waals surface area (Å²) >= 11 is 0. The molecule has 12 heavy (non-hydrogen) atoms. The van der Waals surface area contributed by atoms with Gasteiger partial charge in [-0.15, -0.1) is 0 Å². The van der Waals surface area contributed by atoms with E-state index in [-0.39, 0.29) is 0 Å². The van der Waals surface area contributed by atoms with Crippen molar-refractivity contribution in [2.24, 2.45) is 17.3 Å². The predicted octanol–water partition coefficient (Wildman–Crippen LogP) is 0.651. The number of fused-ring (bicyclic) bond motifs is 1. The van der Waals surface area contributed by atoms with Crippen molar-refractivity contribution in [2.75, 3.05) is 20.2 Å². The maximum absolute atomic E-state index is 8.95. The van der Waals surface area contributed by atoms with Gasteiger partial charge in [0.15, 0.2) is 0 Å². The van der Waals surface area contributed by atoms with Gasteiger partial charge in [-0.2, -0.15) is 0 Å². The molecule has 2 aliphatic rings. The Labute approximate surface area is 73.5 Å². The van der Waals surface area contributed by atoms with Crippen molar-refractivity contribution >= 4 is 6.47 Å². The third-order valence-corrected chi connectivity index (χ3v) is 3.11. The van der Waals surface area contributed by atoms with Gasteiger partial charge in [-0.3, -0.25) is 4.79 Å². The third kappa shape index (κ3) is 1.61. The van der Waals surface area contributed by atoms with Crippen molar-refractivity contribution in [1.29, 1.82) is 0 Å². The molecule has 3 heteroatoms. The van der Waals surface area contributed by atoms with Gasteiger partial charge in [-0.05, 0) is 30.3 Å². The number of piperidine rings is 1. The molecule has 2 fully saturated rings. The molecular weight excluding hydrogens is 154 g/mol. The van der Waals surface area contributed by atoms with E-state index in [1.165, 1.54) is 20.2 Å². The summed E-state index contributed by atoms with van der Waals surface area (Å²) < 4.78 is 3.86. The highest BCUT2D eigenvalue weighted by Gasteiger charge is 2.59. The number of nitrogens with one attached hydrogen (secondary N) is 1. The molecule has 1 unspecified atom stereocenters. The quantitative estimate of drug-likeness (QED) is 0.589. The highest BCUT2D eigenvalue weighted by atomic mass is 16.5. The largest absolute Gasteiger partial charge is 0.471 e. The second-order valence-corrected chi connectivity index (χ2v) is 4.02. The van der Waals surface area contributed by atoms with Crippen molar-refractivity contribution in [3.05, 3.63) is 0 Å². The normalized spacial score (nSPS) is 34.2. The number of ether oxygens (including phenoxy) is 1. The van der Waals surface area contributed by atoms with E-state index < -0.39 is 0 Å². The lowest BCUT2D eigenvalue weighted by atomic mass is 10.1. The van der Waals surface area contributed by atoms with Crippen molar-refractivity contribution in [1.82, 2.24) is 5.32 Å². The molecule has 1 aliphatic carbocycles. The van der Waals surface area contributed by atoms with Crippen LogP contribution >= 0.6 is 0 Å². The average molecular weight is 171 g/mol. The first-order valence-corrected chi connectivity index (χ1v) is 4.31. The van der Waals surface area contributed by atoms with Crippen LogP contribution in [0.2, 0.25) is 0 Å². The first-order valence-electron chi connectivity index (χ1n) is 4.31. The van der Waals surface area contributed by atoms with Crippen LogP contribution < -0.4 is 5.32 Å². The Hall–Kier alpha value is -0.570. The van der Waals surface area contributed by atoms with Crippen LogP contribution in [-0.2, 0) is 9.53 Å². The Kier molecular flexibility index (Phi) is 2.73. The number of hydrogen-bond donors (Lipinski definition) is 1. The van der Waals surface area contributed by atoms with E-state index in [4.69, 9.17) is 4.79 Å². The average Bonchev–Trinajstić information content (AvgIpc) is 2.54. The Morgan fingerprint density at radius 2 is 1.83 bits per heavy atom. The van der Waals surface area contributed by atoms with Crippen molar-refractivity contribution in [2.45, 2.75) is 13.8 Å². The summed E-state index contributed by atoms with van der Waals surface area (Å²) in [5.74, 6) is 2.03. The number of carbonyl (C=O) groups excluding carboxylic acids is 1. The molecule has 1 saturated carbocycles. The molecule has 2 rings (SSSR count). The zero-order valence-corrected chi connectivity index (χ0v) is 7.96. The minimum atomic E-state index is 0.375. The minimum Gasteiger partial charge on any atom is -0.471 e. The fraction of sp³-hybridized carbons (Fsp3) is 0.889. The van der Waals surface area contributed by atoms with E-state index in [1.807, 2.05) is 0 Å². The lowest BCUT2D eigenvalue weighted by Gasteiger charge is -2.06. The molecule has 0 radical (unpaired) electrons. The van der Waals surface area contributed by atoms with Crippen molar-refractivity contribution < 1.29 is 9.53 Å². The van der Waals surface area contributed by atoms with Gasteiger partial charge in [-0.1, -0.05) is 13.8 Å². The Balaban J connectivity index is 0.000000157. The molecule has 1 N–H and O–H groups in total. The third-order valence-electron chi connectivity index (χ3n) is 3.11. The van der Waals surface area contributed by atoms with Crippen molar-refractivity contribution in [3.8, 4) is 0 Å². The molecule has 70 valence electrons. The van der Waals surface area contributed by atoms with Crippen LogP contribution in [0.15, 0.2) is 0 Å². The number of carbonyl (C=O) groups is 1. The van der Waals surface area contributed by atoms with Crippen LogP contribution in [-0.4, -0.2) is 26.7 Å². The Morgan fingerprint density at radius 3 is 2.00 bits per heavy atom. The van der Waals surface area contributed by atoms with Crippen LogP contribution in [0.25, 0.3) is 0 Å². The summed E-state index contributed by atoms with van der Waals surface area (Å²) in [6.45, 7) is 7.68. The van der Waals surface area contributed by atoms with Crippen LogP contribution in [0.4, 0.5) is 0 Å². The van der Waals surface area contributed by atoms with E-state index in [1.54, 1.807) is 0 Å². The molecule has 1 saturated heterocycles. The highest BCUT2D eigenvalue weighted by molar-refractivity contribution is 5.36. The van der Waals surface area contributed by atoms with Crippen LogP contribution in [0.3, 0.4) is 0 Å². The maximum Gasteiger partial charge on any atom is 0.292 e. The molecule has 0 aromatic carbocycles. The standard InChI is InChI=1S/C7H13N.C2H4O2/c1-7(2)5-3-8-4-6(5)7;1-4-2-3/h5-6,8H,3-4H2,1-2H3;2H,1H3/t5-,6?;/m0./s1. The summed E-state index contributed by atoms with van der Waals surface area (Å²) in [6, 6.07) is 0. The molecule has 0 aromatic rings. The fourth-order valence-electron chi connectivity index (χ4n) is 2.06. The van der Waals surface area contributed by atoms with Gasteiger partial charge in [0.25, 0.3) is 6.47 Å². The van der Waals surface area contributed by atoms with Gasteiger partial charge in [-0.25, -0.2) is 0 Å². The van der Waals surface area contributed by atoms with Gasteiger partial charge < -0.3 is 10.1 Å². The van der Waals surface area contributed by atoms with E-state index in [2.05, 4.69) is 23.9 Å². The van der Waals surface area contributed by atoms with Gasteiger partial charge in [0.2, 0.25) is 0 Å². The van der Waals surface area contributed by atoms with E-state index >= 15 is 0 Å². The van der Waals surface area contributed by atoms with Gasteiger partial charge in [0.05, 0.1) is 7.11 Å². The molecule has 0 aromatic heterocycles. The first-order chi connectivity index (χ1) is 5.64. The molecule has 3 nitrogen and oxygen atoms in total. The molecule has 0 spiro atoms. The van der Waals surface area contributed by atoms with Crippen LogP contribution in [0, 0.1) is 17.3 Å².